The van der Waals surface area contributed by atoms with Gasteiger partial charge in [0.25, 0.3) is 0 Å². The molecule has 1 N–H and O–H groups in total. The van der Waals surface area contributed by atoms with Gasteiger partial charge in [0, 0.05) is 10.9 Å². The highest BCUT2D eigenvalue weighted by atomic mass is 35.5. The molecule has 1 aliphatic carbocycles. The molecular weight excluding hydrogens is 276 g/mol. The van der Waals surface area contributed by atoms with Crippen LogP contribution in [0.2, 0.25) is 4.34 Å². The fourth-order valence-electron chi connectivity index (χ4n) is 3.30. The van der Waals surface area contributed by atoms with Crippen LogP contribution in [0.25, 0.3) is 0 Å². The van der Waals surface area contributed by atoms with Crippen molar-refractivity contribution in [2.75, 3.05) is 26.2 Å². The Bertz CT molecular complexity index is 412. The predicted octanol–water partition coefficient (Wildman–Crippen LogP) is 3.85. The van der Waals surface area contributed by atoms with Gasteiger partial charge in [0.1, 0.15) is 0 Å². The van der Waals surface area contributed by atoms with E-state index in [-0.39, 0.29) is 0 Å². The Morgan fingerprint density at radius 2 is 2.16 bits per heavy atom. The fraction of sp³-hybridized carbons (Fsp3) is 0.733. The smallest absolute Gasteiger partial charge is 0.0934 e. The van der Waals surface area contributed by atoms with Gasteiger partial charge in [-0.3, -0.25) is 0 Å². The Morgan fingerprint density at radius 1 is 1.32 bits per heavy atom. The highest BCUT2D eigenvalue weighted by Gasteiger charge is 2.24. The molecule has 106 valence electrons. The van der Waals surface area contributed by atoms with E-state index >= 15 is 0 Å². The van der Waals surface area contributed by atoms with E-state index in [2.05, 4.69) is 16.3 Å². The molecule has 1 aromatic rings. The van der Waals surface area contributed by atoms with E-state index in [1.54, 1.807) is 11.3 Å². The third-order valence-electron chi connectivity index (χ3n) is 4.34. The average molecular weight is 299 g/mol. The van der Waals surface area contributed by atoms with Gasteiger partial charge >= 0.3 is 0 Å². The van der Waals surface area contributed by atoms with Crippen LogP contribution in [0.15, 0.2) is 6.07 Å². The second-order valence-electron chi connectivity index (χ2n) is 5.73. The average Bonchev–Trinajstić information content (AvgIpc) is 2.96. The first kappa shape index (κ1) is 13.9. The molecule has 0 radical (unpaired) electrons. The number of nitrogens with zero attached hydrogens (tertiary/aromatic N) is 1. The van der Waals surface area contributed by atoms with Gasteiger partial charge in [-0.15, -0.1) is 11.3 Å². The number of halogens is 1. The van der Waals surface area contributed by atoms with E-state index in [9.17, 15) is 0 Å². The van der Waals surface area contributed by atoms with E-state index in [0.29, 0.717) is 6.04 Å². The maximum atomic E-state index is 6.09. The van der Waals surface area contributed by atoms with E-state index in [1.807, 2.05) is 0 Å². The number of aryl methyl sites for hydroxylation is 1. The van der Waals surface area contributed by atoms with Gasteiger partial charge < -0.3 is 10.2 Å². The molecule has 2 nitrogen and oxygen atoms in total. The molecular formula is C15H23ClN2S. The maximum Gasteiger partial charge on any atom is 0.0934 e. The van der Waals surface area contributed by atoms with Crippen LogP contribution in [0, 0.1) is 0 Å². The highest BCUT2D eigenvalue weighted by Crippen LogP contribution is 2.39. The summed E-state index contributed by atoms with van der Waals surface area (Å²) in [4.78, 5) is 4.12. The fourth-order valence-corrected chi connectivity index (χ4v) is 4.66. The summed E-state index contributed by atoms with van der Waals surface area (Å²) < 4.78 is 0.949. The summed E-state index contributed by atoms with van der Waals surface area (Å²) in [6.07, 6.45) is 7.94. The topological polar surface area (TPSA) is 15.3 Å². The summed E-state index contributed by atoms with van der Waals surface area (Å²) in [6.45, 7) is 5.02. The zero-order valence-electron chi connectivity index (χ0n) is 11.5. The van der Waals surface area contributed by atoms with Crippen molar-refractivity contribution in [3.8, 4) is 0 Å². The number of hydrogen-bond donors (Lipinski definition) is 1. The van der Waals surface area contributed by atoms with Crippen LogP contribution < -0.4 is 5.32 Å². The number of piperidine rings is 1. The molecule has 3 rings (SSSR count). The van der Waals surface area contributed by atoms with E-state index < -0.39 is 0 Å². The lowest BCUT2D eigenvalue weighted by atomic mass is 10.1. The van der Waals surface area contributed by atoms with Gasteiger partial charge in [-0.25, -0.2) is 0 Å². The molecule has 0 saturated carbocycles. The summed E-state index contributed by atoms with van der Waals surface area (Å²) in [5, 5.41) is 3.71. The van der Waals surface area contributed by atoms with Gasteiger partial charge in [0.15, 0.2) is 0 Å². The first-order valence-corrected chi connectivity index (χ1v) is 8.76. The van der Waals surface area contributed by atoms with Crippen molar-refractivity contribution < 1.29 is 0 Å². The minimum absolute atomic E-state index is 0.556. The summed E-state index contributed by atoms with van der Waals surface area (Å²) >= 11 is 7.85. The Hall–Kier alpha value is -0.0900. The SMILES string of the molecule is Clc1cc2c(s1)CCC2NCCCN1CCCCC1. The predicted molar refractivity (Wildman–Crippen MR) is 83.3 cm³/mol. The molecule has 2 heterocycles. The summed E-state index contributed by atoms with van der Waals surface area (Å²) in [5.74, 6) is 0. The van der Waals surface area contributed by atoms with Crippen molar-refractivity contribution in [2.24, 2.45) is 0 Å². The largest absolute Gasteiger partial charge is 0.310 e. The zero-order chi connectivity index (χ0) is 13.1. The van der Waals surface area contributed by atoms with Crippen LogP contribution >= 0.6 is 22.9 Å². The normalized spacial score (nSPS) is 23.7. The van der Waals surface area contributed by atoms with Crippen molar-refractivity contribution in [3.05, 3.63) is 20.8 Å². The van der Waals surface area contributed by atoms with Crippen LogP contribution in [0.3, 0.4) is 0 Å². The number of fused-ring (bicyclic) bond motifs is 1. The van der Waals surface area contributed by atoms with Gasteiger partial charge in [0.05, 0.1) is 4.34 Å². The molecule has 2 aliphatic rings. The lowest BCUT2D eigenvalue weighted by Gasteiger charge is -2.26. The minimum atomic E-state index is 0.556. The first-order chi connectivity index (χ1) is 9.33. The quantitative estimate of drug-likeness (QED) is 0.831. The molecule has 4 heteroatoms. The van der Waals surface area contributed by atoms with Crippen molar-refractivity contribution >= 4 is 22.9 Å². The van der Waals surface area contributed by atoms with E-state index in [1.165, 1.54) is 68.6 Å². The van der Waals surface area contributed by atoms with E-state index in [0.717, 1.165) is 10.9 Å². The molecule has 19 heavy (non-hydrogen) atoms. The Balaban J connectivity index is 1.38. The molecule has 0 amide bonds. The highest BCUT2D eigenvalue weighted by molar-refractivity contribution is 7.16. The van der Waals surface area contributed by atoms with Crippen LogP contribution in [-0.2, 0) is 6.42 Å². The number of hydrogen-bond acceptors (Lipinski definition) is 3. The molecule has 0 spiro atoms. The third kappa shape index (κ3) is 3.52. The maximum absolute atomic E-state index is 6.09. The molecule has 1 fully saturated rings. The lowest BCUT2D eigenvalue weighted by molar-refractivity contribution is 0.225. The Kier molecular flexibility index (Phi) is 4.80. The van der Waals surface area contributed by atoms with Crippen LogP contribution in [-0.4, -0.2) is 31.1 Å². The van der Waals surface area contributed by atoms with Gasteiger partial charge in [-0.2, -0.15) is 0 Å². The second kappa shape index (κ2) is 6.57. The number of likely N-dealkylation sites (tertiary alicyclic amines) is 1. The van der Waals surface area contributed by atoms with Gasteiger partial charge in [-0.1, -0.05) is 18.0 Å². The molecule has 1 atom stereocenters. The first-order valence-electron chi connectivity index (χ1n) is 7.57. The summed E-state index contributed by atoms with van der Waals surface area (Å²) in [6, 6.07) is 2.72. The van der Waals surface area contributed by atoms with Crippen LogP contribution in [0.1, 0.15) is 48.6 Å². The number of thiophene rings is 1. The Morgan fingerprint density at radius 3 is 3.00 bits per heavy atom. The van der Waals surface area contributed by atoms with Gasteiger partial charge in [0.2, 0.25) is 0 Å². The van der Waals surface area contributed by atoms with Crippen molar-refractivity contribution in [3.63, 3.8) is 0 Å². The standard InChI is InChI=1S/C15H23ClN2S/c16-15-11-12-13(5-6-14(12)19-15)17-7-4-10-18-8-2-1-3-9-18/h11,13,17H,1-10H2. The second-order valence-corrected chi connectivity index (χ2v) is 7.50. The van der Waals surface area contributed by atoms with Crippen molar-refractivity contribution in [1.29, 1.82) is 0 Å². The van der Waals surface area contributed by atoms with Gasteiger partial charge in [-0.05, 0) is 69.9 Å². The summed E-state index contributed by atoms with van der Waals surface area (Å²) in [7, 11) is 0. The minimum Gasteiger partial charge on any atom is -0.310 e. The molecule has 0 aromatic carbocycles. The van der Waals surface area contributed by atoms with Crippen molar-refractivity contribution in [2.45, 2.75) is 44.6 Å². The number of rotatable bonds is 5. The van der Waals surface area contributed by atoms with Crippen LogP contribution in [0.4, 0.5) is 0 Å². The lowest BCUT2D eigenvalue weighted by Crippen LogP contribution is -2.32. The monoisotopic (exact) mass is 298 g/mol. The Labute approximate surface area is 125 Å². The third-order valence-corrected chi connectivity index (χ3v) is 5.68. The molecule has 1 aromatic heterocycles. The molecule has 0 bridgehead atoms. The molecule has 1 unspecified atom stereocenters. The molecule has 1 saturated heterocycles. The van der Waals surface area contributed by atoms with Crippen LogP contribution in [0.5, 0.6) is 0 Å². The van der Waals surface area contributed by atoms with Crippen molar-refractivity contribution in [1.82, 2.24) is 10.2 Å². The summed E-state index contributed by atoms with van der Waals surface area (Å²) in [5.41, 5.74) is 1.47. The number of nitrogens with one attached hydrogen (secondary N) is 1. The van der Waals surface area contributed by atoms with E-state index in [4.69, 9.17) is 11.6 Å². The zero-order valence-corrected chi connectivity index (χ0v) is 13.0. The molecule has 1 aliphatic heterocycles.